The van der Waals surface area contributed by atoms with Gasteiger partial charge in [0.1, 0.15) is 0 Å². The number of benzene rings is 1. The monoisotopic (exact) mass is 378 g/mol. The Kier molecular flexibility index (Phi) is 5.82. The highest BCUT2D eigenvalue weighted by atomic mass is 16.1. The van der Waals surface area contributed by atoms with E-state index in [0.29, 0.717) is 0 Å². The molecule has 0 atom stereocenters. The van der Waals surface area contributed by atoms with Crippen LogP contribution in [-0.4, -0.2) is 50.0 Å². The van der Waals surface area contributed by atoms with Crippen LogP contribution in [-0.2, 0) is 11.3 Å². The molecule has 4 rings (SSSR count). The summed E-state index contributed by atoms with van der Waals surface area (Å²) in [5.74, 6) is 0.219. The summed E-state index contributed by atoms with van der Waals surface area (Å²) in [6, 6.07) is 11.6. The number of carbonyl (C=O) groups excluding carboxylic acids is 1. The molecule has 1 N–H and O–H groups in total. The zero-order valence-electron chi connectivity index (χ0n) is 15.9. The predicted octanol–water partition coefficient (Wildman–Crippen LogP) is 2.81. The number of hydrogen-bond acceptors (Lipinski definition) is 4. The SMILES string of the molecule is O=C(Nc1ccc(-n2cccn2)cc1)C1CCN(CCCn2cccn2)CC1. The van der Waals surface area contributed by atoms with Crippen molar-refractivity contribution in [3.8, 4) is 5.69 Å². The topological polar surface area (TPSA) is 68.0 Å². The molecule has 0 bridgehead atoms. The van der Waals surface area contributed by atoms with E-state index in [-0.39, 0.29) is 11.8 Å². The average molecular weight is 378 g/mol. The molecule has 0 aliphatic carbocycles. The first-order chi connectivity index (χ1) is 13.8. The van der Waals surface area contributed by atoms with Gasteiger partial charge in [0.25, 0.3) is 0 Å². The van der Waals surface area contributed by atoms with Crippen LogP contribution >= 0.6 is 0 Å². The van der Waals surface area contributed by atoms with E-state index in [1.165, 1.54) is 0 Å². The van der Waals surface area contributed by atoms with Crippen LogP contribution in [0.5, 0.6) is 0 Å². The van der Waals surface area contributed by atoms with Gasteiger partial charge in [0.15, 0.2) is 0 Å². The van der Waals surface area contributed by atoms with Crippen molar-refractivity contribution in [3.63, 3.8) is 0 Å². The first-order valence-electron chi connectivity index (χ1n) is 9.89. The Hall–Kier alpha value is -2.93. The normalized spacial score (nSPS) is 15.6. The smallest absolute Gasteiger partial charge is 0.227 e. The number of nitrogens with one attached hydrogen (secondary N) is 1. The Labute approximate surface area is 165 Å². The maximum Gasteiger partial charge on any atom is 0.227 e. The molecular weight excluding hydrogens is 352 g/mol. The molecule has 1 fully saturated rings. The third-order valence-electron chi connectivity index (χ3n) is 5.28. The molecule has 1 aliphatic rings. The molecule has 1 amide bonds. The second-order valence-corrected chi connectivity index (χ2v) is 7.23. The van der Waals surface area contributed by atoms with Gasteiger partial charge in [0.05, 0.1) is 5.69 Å². The molecule has 28 heavy (non-hydrogen) atoms. The number of rotatable bonds is 7. The van der Waals surface area contributed by atoms with Crippen molar-refractivity contribution in [2.24, 2.45) is 5.92 Å². The largest absolute Gasteiger partial charge is 0.326 e. The summed E-state index contributed by atoms with van der Waals surface area (Å²) >= 11 is 0. The van der Waals surface area contributed by atoms with E-state index < -0.39 is 0 Å². The number of nitrogens with zero attached hydrogens (tertiary/aromatic N) is 5. The van der Waals surface area contributed by atoms with Crippen molar-refractivity contribution < 1.29 is 4.79 Å². The number of aryl methyl sites for hydroxylation is 1. The fraction of sp³-hybridized carbons (Fsp3) is 0.381. The van der Waals surface area contributed by atoms with Crippen molar-refractivity contribution >= 4 is 11.6 Å². The summed E-state index contributed by atoms with van der Waals surface area (Å²) in [7, 11) is 0. The molecule has 1 aliphatic heterocycles. The summed E-state index contributed by atoms with van der Waals surface area (Å²) < 4.78 is 3.77. The maximum absolute atomic E-state index is 12.6. The number of carbonyl (C=O) groups is 1. The highest BCUT2D eigenvalue weighted by Gasteiger charge is 2.24. The molecule has 146 valence electrons. The summed E-state index contributed by atoms with van der Waals surface area (Å²) in [6.07, 6.45) is 10.4. The Bertz CT molecular complexity index is 849. The number of piperidine rings is 1. The lowest BCUT2D eigenvalue weighted by molar-refractivity contribution is -0.121. The molecule has 7 heteroatoms. The van der Waals surface area contributed by atoms with E-state index in [4.69, 9.17) is 0 Å². The average Bonchev–Trinajstić information content (AvgIpc) is 3.43. The highest BCUT2D eigenvalue weighted by Crippen LogP contribution is 2.20. The van der Waals surface area contributed by atoms with E-state index in [1.54, 1.807) is 10.9 Å². The lowest BCUT2D eigenvalue weighted by Gasteiger charge is -2.31. The lowest BCUT2D eigenvalue weighted by Crippen LogP contribution is -2.38. The third kappa shape index (κ3) is 4.67. The van der Waals surface area contributed by atoms with Crippen molar-refractivity contribution in [2.75, 3.05) is 25.0 Å². The maximum atomic E-state index is 12.6. The van der Waals surface area contributed by atoms with Crippen LogP contribution in [0.15, 0.2) is 61.2 Å². The fourth-order valence-electron chi connectivity index (χ4n) is 3.67. The van der Waals surface area contributed by atoms with Gasteiger partial charge in [0.2, 0.25) is 5.91 Å². The van der Waals surface area contributed by atoms with Crippen molar-refractivity contribution in [1.29, 1.82) is 0 Å². The molecule has 3 heterocycles. The van der Waals surface area contributed by atoms with Crippen LogP contribution in [0.3, 0.4) is 0 Å². The fourth-order valence-corrected chi connectivity index (χ4v) is 3.67. The molecule has 2 aromatic heterocycles. The molecular formula is C21H26N6O. The minimum atomic E-state index is 0.0909. The second kappa shape index (κ2) is 8.84. The Morgan fingerprint density at radius 3 is 2.43 bits per heavy atom. The van der Waals surface area contributed by atoms with Crippen molar-refractivity contribution in [3.05, 3.63) is 61.2 Å². The van der Waals surface area contributed by atoms with Crippen LogP contribution in [0, 0.1) is 5.92 Å². The van der Waals surface area contributed by atoms with Crippen LogP contribution in [0.2, 0.25) is 0 Å². The first-order valence-corrected chi connectivity index (χ1v) is 9.89. The first kappa shape index (κ1) is 18.4. The number of anilines is 1. The van der Waals surface area contributed by atoms with Gasteiger partial charge in [-0.15, -0.1) is 0 Å². The van der Waals surface area contributed by atoms with Crippen LogP contribution < -0.4 is 5.32 Å². The molecule has 0 spiro atoms. The minimum Gasteiger partial charge on any atom is -0.326 e. The van der Waals surface area contributed by atoms with E-state index in [9.17, 15) is 4.79 Å². The standard InChI is InChI=1S/C21H26N6O/c28-21(24-19-4-6-20(7-5-19)27-15-2-11-23-27)18-8-16-25(17-9-18)12-3-14-26-13-1-10-22-26/h1-2,4-7,10-11,13,15,18H,3,8-9,12,14,16-17H2,(H,24,28). The molecule has 1 aromatic carbocycles. The van der Waals surface area contributed by atoms with Gasteiger partial charge in [-0.2, -0.15) is 10.2 Å². The van der Waals surface area contributed by atoms with Gasteiger partial charge in [-0.3, -0.25) is 9.48 Å². The number of likely N-dealkylation sites (tertiary alicyclic amines) is 1. The summed E-state index contributed by atoms with van der Waals surface area (Å²) in [6.45, 7) is 3.97. The predicted molar refractivity (Wildman–Crippen MR) is 108 cm³/mol. The quantitative estimate of drug-likeness (QED) is 0.686. The summed E-state index contributed by atoms with van der Waals surface area (Å²) in [4.78, 5) is 15.0. The Balaban J connectivity index is 1.20. The molecule has 0 unspecified atom stereocenters. The van der Waals surface area contributed by atoms with E-state index in [1.807, 2.05) is 59.7 Å². The number of aromatic nitrogens is 4. The molecule has 1 saturated heterocycles. The second-order valence-electron chi connectivity index (χ2n) is 7.23. The van der Waals surface area contributed by atoms with Gasteiger partial charge in [0, 0.05) is 42.9 Å². The van der Waals surface area contributed by atoms with Crippen LogP contribution in [0.4, 0.5) is 5.69 Å². The highest BCUT2D eigenvalue weighted by molar-refractivity contribution is 5.92. The van der Waals surface area contributed by atoms with E-state index in [2.05, 4.69) is 20.4 Å². The number of amides is 1. The lowest BCUT2D eigenvalue weighted by atomic mass is 9.95. The van der Waals surface area contributed by atoms with Crippen LogP contribution in [0.1, 0.15) is 19.3 Å². The van der Waals surface area contributed by atoms with Crippen molar-refractivity contribution in [1.82, 2.24) is 24.5 Å². The van der Waals surface area contributed by atoms with Crippen LogP contribution in [0.25, 0.3) is 5.69 Å². The van der Waals surface area contributed by atoms with Gasteiger partial charge < -0.3 is 10.2 Å². The van der Waals surface area contributed by atoms with Gasteiger partial charge >= 0.3 is 0 Å². The summed E-state index contributed by atoms with van der Waals surface area (Å²) in [5.41, 5.74) is 1.81. The van der Waals surface area contributed by atoms with E-state index >= 15 is 0 Å². The van der Waals surface area contributed by atoms with E-state index in [0.717, 1.165) is 56.8 Å². The Morgan fingerprint density at radius 2 is 1.75 bits per heavy atom. The third-order valence-corrected chi connectivity index (χ3v) is 5.28. The van der Waals surface area contributed by atoms with Gasteiger partial charge in [-0.25, -0.2) is 4.68 Å². The zero-order valence-corrected chi connectivity index (χ0v) is 15.9. The van der Waals surface area contributed by atoms with Gasteiger partial charge in [-0.1, -0.05) is 0 Å². The minimum absolute atomic E-state index is 0.0909. The number of hydrogen-bond donors (Lipinski definition) is 1. The van der Waals surface area contributed by atoms with Crippen molar-refractivity contribution in [2.45, 2.75) is 25.8 Å². The molecule has 3 aromatic rings. The zero-order chi connectivity index (χ0) is 19.2. The Morgan fingerprint density at radius 1 is 1.00 bits per heavy atom. The molecule has 0 saturated carbocycles. The van der Waals surface area contributed by atoms with Gasteiger partial charge in [-0.05, 0) is 75.3 Å². The summed E-state index contributed by atoms with van der Waals surface area (Å²) in [5, 5.41) is 11.5. The molecule has 7 nitrogen and oxygen atoms in total. The molecule has 0 radical (unpaired) electrons.